The first-order chi connectivity index (χ1) is 8.60. The Morgan fingerprint density at radius 2 is 2.28 bits per heavy atom. The van der Waals surface area contributed by atoms with Gasteiger partial charge < -0.3 is 4.90 Å². The maximum atomic E-state index is 12.6. The van der Waals surface area contributed by atoms with Gasteiger partial charge in [0, 0.05) is 6.54 Å². The molecule has 0 aromatic rings. The molecule has 1 amide bonds. The van der Waals surface area contributed by atoms with Gasteiger partial charge >= 0.3 is 0 Å². The molecule has 0 aliphatic carbocycles. The summed E-state index contributed by atoms with van der Waals surface area (Å²) in [6.07, 6.45) is 4.61. The number of carbonyl (C=O) groups excluding carboxylic acids is 1. The number of amides is 1. The van der Waals surface area contributed by atoms with Crippen molar-refractivity contribution in [3.8, 4) is 0 Å². The van der Waals surface area contributed by atoms with Gasteiger partial charge in [0.2, 0.25) is 5.91 Å². The molecule has 2 saturated heterocycles. The van der Waals surface area contributed by atoms with Crippen LogP contribution in [0.4, 0.5) is 0 Å². The fourth-order valence-corrected chi connectivity index (χ4v) is 4.21. The van der Waals surface area contributed by atoms with Gasteiger partial charge in [0.05, 0.1) is 11.7 Å². The Bertz CT molecular complexity index is 304. The van der Waals surface area contributed by atoms with E-state index in [1.807, 2.05) is 11.8 Å². The number of hydrogen-bond donors (Lipinski definition) is 1. The Labute approximate surface area is 115 Å². The Balaban J connectivity index is 2.06. The molecule has 3 unspecified atom stereocenters. The van der Waals surface area contributed by atoms with E-state index in [0.29, 0.717) is 11.8 Å². The quantitative estimate of drug-likeness (QED) is 0.833. The van der Waals surface area contributed by atoms with Crippen LogP contribution in [0.3, 0.4) is 0 Å². The predicted octanol–water partition coefficient (Wildman–Crippen LogP) is 2.47. The minimum Gasteiger partial charge on any atom is -0.325 e. The summed E-state index contributed by atoms with van der Waals surface area (Å²) in [4.78, 5) is 14.7. The predicted molar refractivity (Wildman–Crippen MR) is 77.7 cm³/mol. The Morgan fingerprint density at radius 1 is 1.50 bits per heavy atom. The highest BCUT2D eigenvalue weighted by Crippen LogP contribution is 2.30. The first-order valence-electron chi connectivity index (χ1n) is 7.27. The number of nitrogens with zero attached hydrogens (tertiary/aromatic N) is 1. The molecule has 0 spiro atoms. The minimum atomic E-state index is -0.328. The van der Waals surface area contributed by atoms with E-state index < -0.39 is 0 Å². The minimum absolute atomic E-state index is 0.262. The van der Waals surface area contributed by atoms with Crippen molar-refractivity contribution in [3.63, 3.8) is 0 Å². The summed E-state index contributed by atoms with van der Waals surface area (Å²) in [7, 11) is 0. The molecular weight excluding hydrogens is 244 g/mol. The fourth-order valence-electron chi connectivity index (χ4n) is 2.94. The number of rotatable bonds is 5. The van der Waals surface area contributed by atoms with E-state index in [0.717, 1.165) is 25.8 Å². The highest BCUT2D eigenvalue weighted by Gasteiger charge is 2.46. The zero-order valence-corrected chi connectivity index (χ0v) is 12.7. The number of hydrogen-bond acceptors (Lipinski definition) is 3. The molecular formula is C14H26N2OS. The molecule has 0 bridgehead atoms. The summed E-state index contributed by atoms with van der Waals surface area (Å²) in [5, 5.41) is 3.56. The van der Waals surface area contributed by atoms with Crippen molar-refractivity contribution >= 4 is 17.7 Å². The van der Waals surface area contributed by atoms with E-state index in [2.05, 4.69) is 31.0 Å². The van der Waals surface area contributed by atoms with Crippen LogP contribution in [0.15, 0.2) is 0 Å². The molecule has 1 N–H and O–H groups in total. The van der Waals surface area contributed by atoms with Crippen molar-refractivity contribution < 1.29 is 4.79 Å². The van der Waals surface area contributed by atoms with Gasteiger partial charge in [-0.3, -0.25) is 10.1 Å². The van der Waals surface area contributed by atoms with E-state index >= 15 is 0 Å². The third-order valence-corrected chi connectivity index (χ3v) is 5.57. The van der Waals surface area contributed by atoms with Crippen LogP contribution in [0.5, 0.6) is 0 Å². The lowest BCUT2D eigenvalue weighted by molar-refractivity contribution is -0.133. The molecule has 18 heavy (non-hydrogen) atoms. The third-order valence-electron chi connectivity index (χ3n) is 4.34. The van der Waals surface area contributed by atoms with Crippen molar-refractivity contribution in [2.45, 2.75) is 58.2 Å². The first-order valence-corrected chi connectivity index (χ1v) is 8.42. The molecule has 2 aliphatic rings. The molecule has 2 aliphatic heterocycles. The van der Waals surface area contributed by atoms with Crippen molar-refractivity contribution in [1.29, 1.82) is 0 Å². The van der Waals surface area contributed by atoms with Gasteiger partial charge in [0.25, 0.3) is 0 Å². The van der Waals surface area contributed by atoms with Crippen molar-refractivity contribution in [2.75, 3.05) is 18.1 Å². The summed E-state index contributed by atoms with van der Waals surface area (Å²) in [5.74, 6) is 3.52. The van der Waals surface area contributed by atoms with Gasteiger partial charge in [0.15, 0.2) is 0 Å². The molecule has 3 atom stereocenters. The summed E-state index contributed by atoms with van der Waals surface area (Å²) in [6, 6.07) is 0. The lowest BCUT2D eigenvalue weighted by Gasteiger charge is -2.26. The second kappa shape index (κ2) is 5.83. The zero-order chi connectivity index (χ0) is 13.2. The second-order valence-electron chi connectivity index (χ2n) is 5.82. The average Bonchev–Trinajstić information content (AvgIpc) is 2.94. The van der Waals surface area contributed by atoms with Crippen LogP contribution in [0.1, 0.15) is 46.5 Å². The molecule has 0 aromatic carbocycles. The van der Waals surface area contributed by atoms with Crippen LogP contribution in [0.2, 0.25) is 0 Å². The van der Waals surface area contributed by atoms with Gasteiger partial charge in [-0.1, -0.05) is 20.3 Å². The smallest absolute Gasteiger partial charge is 0.243 e. The third kappa shape index (κ3) is 2.69. The van der Waals surface area contributed by atoms with Crippen LogP contribution in [0, 0.1) is 5.92 Å². The second-order valence-corrected chi connectivity index (χ2v) is 6.97. The Hall–Kier alpha value is -0.220. The fraction of sp³-hybridized carbons (Fsp3) is 0.929. The standard InChI is InChI=1S/C14H26N2OS/c1-4-6-12-15-14(3,5-2)13(17)16(12)9-11-7-8-18-10-11/h11-12,15H,4-10H2,1-3H3. The van der Waals surface area contributed by atoms with Crippen LogP contribution in [0.25, 0.3) is 0 Å². The van der Waals surface area contributed by atoms with Gasteiger partial charge in [0.1, 0.15) is 0 Å². The molecule has 2 fully saturated rings. The SMILES string of the molecule is CCCC1NC(C)(CC)C(=O)N1CC1CCSC1. The summed E-state index contributed by atoms with van der Waals surface area (Å²) >= 11 is 2.03. The topological polar surface area (TPSA) is 32.3 Å². The van der Waals surface area contributed by atoms with Crippen molar-refractivity contribution in [2.24, 2.45) is 5.92 Å². The van der Waals surface area contributed by atoms with Gasteiger partial charge in [-0.05, 0) is 43.6 Å². The van der Waals surface area contributed by atoms with Gasteiger partial charge in [-0.25, -0.2) is 0 Å². The number of nitrogens with one attached hydrogen (secondary N) is 1. The maximum Gasteiger partial charge on any atom is 0.243 e. The molecule has 0 radical (unpaired) electrons. The van der Waals surface area contributed by atoms with Crippen molar-refractivity contribution in [1.82, 2.24) is 10.2 Å². The monoisotopic (exact) mass is 270 g/mol. The van der Waals surface area contributed by atoms with Crippen LogP contribution in [-0.4, -0.2) is 40.6 Å². The highest BCUT2D eigenvalue weighted by atomic mass is 32.2. The molecule has 2 heterocycles. The molecule has 104 valence electrons. The lowest BCUT2D eigenvalue weighted by Crippen LogP contribution is -2.43. The lowest BCUT2D eigenvalue weighted by atomic mass is 9.99. The van der Waals surface area contributed by atoms with E-state index in [4.69, 9.17) is 0 Å². The van der Waals surface area contributed by atoms with Crippen LogP contribution < -0.4 is 5.32 Å². The molecule has 4 heteroatoms. The molecule has 2 rings (SSSR count). The van der Waals surface area contributed by atoms with E-state index in [1.54, 1.807) is 0 Å². The first kappa shape index (κ1) is 14.2. The zero-order valence-electron chi connectivity index (χ0n) is 11.9. The number of thioether (sulfide) groups is 1. The van der Waals surface area contributed by atoms with E-state index in [-0.39, 0.29) is 11.7 Å². The largest absolute Gasteiger partial charge is 0.325 e. The van der Waals surface area contributed by atoms with E-state index in [1.165, 1.54) is 17.9 Å². The summed E-state index contributed by atoms with van der Waals surface area (Å²) in [5.41, 5.74) is -0.328. The molecule has 0 saturated carbocycles. The van der Waals surface area contributed by atoms with Gasteiger partial charge in [-0.2, -0.15) is 11.8 Å². The average molecular weight is 270 g/mol. The Kier molecular flexibility index (Phi) is 4.59. The van der Waals surface area contributed by atoms with E-state index in [9.17, 15) is 4.79 Å². The normalized spacial score (nSPS) is 36.6. The highest BCUT2D eigenvalue weighted by molar-refractivity contribution is 7.99. The number of carbonyl (C=O) groups is 1. The summed E-state index contributed by atoms with van der Waals surface area (Å²) < 4.78 is 0. The van der Waals surface area contributed by atoms with Crippen LogP contribution in [-0.2, 0) is 4.79 Å². The van der Waals surface area contributed by atoms with Gasteiger partial charge in [-0.15, -0.1) is 0 Å². The molecule has 0 aromatic heterocycles. The molecule has 3 nitrogen and oxygen atoms in total. The van der Waals surface area contributed by atoms with Crippen LogP contribution >= 0.6 is 11.8 Å². The van der Waals surface area contributed by atoms with Crippen molar-refractivity contribution in [3.05, 3.63) is 0 Å². The Morgan fingerprint density at radius 3 is 2.83 bits per heavy atom. The maximum absolute atomic E-state index is 12.6. The summed E-state index contributed by atoms with van der Waals surface area (Å²) in [6.45, 7) is 7.31.